The number of hydrogen-bond acceptors (Lipinski definition) is 3. The van der Waals surface area contributed by atoms with Gasteiger partial charge in [-0.3, -0.25) is 4.79 Å². The maximum atomic E-state index is 13.8. The van der Waals surface area contributed by atoms with Crippen LogP contribution in [0, 0.1) is 17.1 Å². The van der Waals surface area contributed by atoms with E-state index in [2.05, 4.69) is 6.07 Å². The molecule has 20 heavy (non-hydrogen) atoms. The minimum Gasteiger partial charge on any atom is -0.338 e. The quantitative estimate of drug-likeness (QED) is 0.841. The molecule has 0 bridgehead atoms. The number of rotatable bonds is 2. The molecule has 0 atom stereocenters. The van der Waals surface area contributed by atoms with E-state index in [4.69, 9.17) is 11.6 Å². The summed E-state index contributed by atoms with van der Waals surface area (Å²) in [6.07, 6.45) is 3.07. The first-order valence-electron chi connectivity index (χ1n) is 6.23. The summed E-state index contributed by atoms with van der Waals surface area (Å²) in [5, 5.41) is 9.34. The topological polar surface area (TPSA) is 44.1 Å². The number of benzene rings is 1. The zero-order chi connectivity index (χ0) is 14.8. The fourth-order valence-corrected chi connectivity index (χ4v) is 3.22. The average Bonchev–Trinajstić information content (AvgIpc) is 2.47. The molecule has 1 heterocycles. The number of amides is 1. The van der Waals surface area contributed by atoms with Gasteiger partial charge in [-0.05, 0) is 31.2 Å². The van der Waals surface area contributed by atoms with E-state index < -0.39 is 16.5 Å². The highest BCUT2D eigenvalue weighted by Gasteiger charge is 2.36. The lowest BCUT2D eigenvalue weighted by Gasteiger charge is -2.36. The molecule has 2 rings (SSSR count). The summed E-state index contributed by atoms with van der Waals surface area (Å²) in [7, 11) is 0. The van der Waals surface area contributed by atoms with Crippen LogP contribution in [-0.2, 0) is 0 Å². The molecule has 1 aliphatic heterocycles. The molecule has 0 aromatic heterocycles. The van der Waals surface area contributed by atoms with Crippen molar-refractivity contribution in [3.63, 3.8) is 0 Å². The van der Waals surface area contributed by atoms with Gasteiger partial charge in [0.15, 0.2) is 0 Å². The summed E-state index contributed by atoms with van der Waals surface area (Å²) in [6, 6.07) is 6.52. The summed E-state index contributed by atoms with van der Waals surface area (Å²) >= 11 is 7.42. The van der Waals surface area contributed by atoms with Crippen molar-refractivity contribution in [2.75, 3.05) is 19.3 Å². The van der Waals surface area contributed by atoms with Gasteiger partial charge in [-0.15, -0.1) is 11.8 Å². The van der Waals surface area contributed by atoms with Gasteiger partial charge in [-0.2, -0.15) is 5.26 Å². The number of nitrogens with zero attached hydrogens (tertiary/aromatic N) is 2. The predicted molar refractivity (Wildman–Crippen MR) is 78.4 cm³/mol. The Labute approximate surface area is 126 Å². The molecule has 1 aromatic rings. The SMILES string of the molecule is CSC1(C#N)CCN(C(=O)c2c(F)cccc2Cl)CC1. The monoisotopic (exact) mass is 312 g/mol. The van der Waals surface area contributed by atoms with Gasteiger partial charge in [0.05, 0.1) is 16.7 Å². The van der Waals surface area contributed by atoms with Crippen LogP contribution < -0.4 is 0 Å². The number of likely N-dealkylation sites (tertiary alicyclic amines) is 1. The lowest BCUT2D eigenvalue weighted by atomic mass is 9.96. The van der Waals surface area contributed by atoms with E-state index in [0.29, 0.717) is 25.9 Å². The van der Waals surface area contributed by atoms with Crippen LogP contribution in [0.2, 0.25) is 5.02 Å². The minimum atomic E-state index is -0.607. The Morgan fingerprint density at radius 1 is 1.50 bits per heavy atom. The van der Waals surface area contributed by atoms with Crippen LogP contribution in [-0.4, -0.2) is 34.9 Å². The summed E-state index contributed by atoms with van der Waals surface area (Å²) in [5.41, 5.74) is -0.0808. The Morgan fingerprint density at radius 2 is 2.15 bits per heavy atom. The van der Waals surface area contributed by atoms with Crippen LogP contribution in [0.25, 0.3) is 0 Å². The van der Waals surface area contributed by atoms with Crippen molar-refractivity contribution in [1.29, 1.82) is 5.26 Å². The molecule has 1 aliphatic rings. The molecule has 1 fully saturated rings. The average molecular weight is 313 g/mol. The lowest BCUT2D eigenvalue weighted by Crippen LogP contribution is -2.44. The highest BCUT2D eigenvalue weighted by atomic mass is 35.5. The number of piperidine rings is 1. The van der Waals surface area contributed by atoms with Crippen molar-refractivity contribution >= 4 is 29.3 Å². The third-order valence-electron chi connectivity index (χ3n) is 3.63. The zero-order valence-electron chi connectivity index (χ0n) is 11.0. The van der Waals surface area contributed by atoms with E-state index in [1.165, 1.54) is 30.0 Å². The number of hydrogen-bond donors (Lipinski definition) is 0. The Balaban J connectivity index is 2.16. The van der Waals surface area contributed by atoms with Crippen molar-refractivity contribution in [3.05, 3.63) is 34.6 Å². The first kappa shape index (κ1) is 15.1. The van der Waals surface area contributed by atoms with Gasteiger partial charge in [0.25, 0.3) is 5.91 Å². The summed E-state index contributed by atoms with van der Waals surface area (Å²) < 4.78 is 13.3. The van der Waals surface area contributed by atoms with E-state index >= 15 is 0 Å². The van der Waals surface area contributed by atoms with E-state index in [-0.39, 0.29) is 10.6 Å². The molecular weight excluding hydrogens is 299 g/mol. The smallest absolute Gasteiger partial charge is 0.258 e. The molecule has 0 aliphatic carbocycles. The standard InChI is InChI=1S/C14H14ClFN2OS/c1-20-14(9-17)5-7-18(8-6-14)13(19)12-10(15)3-2-4-11(12)16/h2-4H,5-8H2,1H3. The maximum absolute atomic E-state index is 13.8. The van der Waals surface area contributed by atoms with E-state index in [1.54, 1.807) is 4.90 Å². The fourth-order valence-electron chi connectivity index (χ4n) is 2.29. The van der Waals surface area contributed by atoms with Crippen LogP contribution in [0.15, 0.2) is 18.2 Å². The van der Waals surface area contributed by atoms with Crippen LogP contribution in [0.1, 0.15) is 23.2 Å². The van der Waals surface area contributed by atoms with Crippen molar-refractivity contribution in [2.24, 2.45) is 0 Å². The molecule has 0 N–H and O–H groups in total. The Morgan fingerprint density at radius 3 is 2.65 bits per heavy atom. The van der Waals surface area contributed by atoms with E-state index in [0.717, 1.165) is 0 Å². The number of thioether (sulfide) groups is 1. The predicted octanol–water partition coefficient (Wildman–Crippen LogP) is 3.34. The molecule has 1 amide bonds. The zero-order valence-corrected chi connectivity index (χ0v) is 12.6. The third-order valence-corrected chi connectivity index (χ3v) is 5.23. The second-order valence-corrected chi connectivity index (χ2v) is 6.30. The van der Waals surface area contributed by atoms with Gasteiger partial charge in [0.2, 0.25) is 0 Å². The van der Waals surface area contributed by atoms with Gasteiger partial charge in [-0.25, -0.2) is 4.39 Å². The van der Waals surface area contributed by atoms with Crippen molar-refractivity contribution in [3.8, 4) is 6.07 Å². The number of carbonyl (C=O) groups is 1. The molecule has 106 valence electrons. The van der Waals surface area contributed by atoms with E-state index in [1.807, 2.05) is 6.26 Å². The first-order chi connectivity index (χ1) is 9.53. The Kier molecular flexibility index (Phi) is 4.56. The molecule has 0 spiro atoms. The second-order valence-electron chi connectivity index (χ2n) is 4.70. The van der Waals surface area contributed by atoms with Crippen molar-refractivity contribution in [2.45, 2.75) is 17.6 Å². The molecule has 6 heteroatoms. The molecule has 0 saturated carbocycles. The molecule has 0 unspecified atom stereocenters. The van der Waals surface area contributed by atoms with Crippen LogP contribution in [0.3, 0.4) is 0 Å². The molecule has 1 saturated heterocycles. The van der Waals surface area contributed by atoms with Crippen molar-refractivity contribution in [1.82, 2.24) is 4.90 Å². The van der Waals surface area contributed by atoms with Gasteiger partial charge in [-0.1, -0.05) is 17.7 Å². The Hall–Kier alpha value is -1.25. The number of halogens is 2. The first-order valence-corrected chi connectivity index (χ1v) is 7.83. The summed E-state index contributed by atoms with van der Waals surface area (Å²) in [4.78, 5) is 13.9. The van der Waals surface area contributed by atoms with Gasteiger partial charge >= 0.3 is 0 Å². The molecular formula is C14H14ClFN2OS. The van der Waals surface area contributed by atoms with Gasteiger partial charge < -0.3 is 4.90 Å². The number of nitriles is 1. The summed E-state index contributed by atoms with van der Waals surface area (Å²) in [6.45, 7) is 0.885. The van der Waals surface area contributed by atoms with Crippen LogP contribution in [0.4, 0.5) is 4.39 Å². The fraction of sp³-hybridized carbons (Fsp3) is 0.429. The molecule has 1 aromatic carbocycles. The lowest BCUT2D eigenvalue weighted by molar-refractivity contribution is 0.0712. The van der Waals surface area contributed by atoms with Crippen molar-refractivity contribution < 1.29 is 9.18 Å². The minimum absolute atomic E-state index is 0.0808. The normalized spacial score (nSPS) is 17.6. The summed E-state index contributed by atoms with van der Waals surface area (Å²) in [5.74, 6) is -1.01. The highest BCUT2D eigenvalue weighted by molar-refractivity contribution is 8.00. The Bertz CT molecular complexity index is 545. The van der Waals surface area contributed by atoms with Crippen LogP contribution in [0.5, 0.6) is 0 Å². The van der Waals surface area contributed by atoms with E-state index in [9.17, 15) is 14.4 Å². The largest absolute Gasteiger partial charge is 0.338 e. The van der Waals surface area contributed by atoms with Gasteiger partial charge in [0, 0.05) is 13.1 Å². The van der Waals surface area contributed by atoms with Gasteiger partial charge in [0.1, 0.15) is 10.6 Å². The second kappa shape index (κ2) is 6.02. The molecule has 3 nitrogen and oxygen atoms in total. The van der Waals surface area contributed by atoms with Crippen LogP contribution >= 0.6 is 23.4 Å². The number of carbonyl (C=O) groups excluding carboxylic acids is 1. The third kappa shape index (κ3) is 2.77. The highest BCUT2D eigenvalue weighted by Crippen LogP contribution is 2.34. The molecule has 0 radical (unpaired) electrons. The maximum Gasteiger partial charge on any atom is 0.258 e.